The molecule has 2 aromatic rings. The summed E-state index contributed by atoms with van der Waals surface area (Å²) < 4.78 is 13.4. The first-order chi connectivity index (χ1) is 12.0. The van der Waals surface area contributed by atoms with Crippen LogP contribution in [0.5, 0.6) is 0 Å². The lowest BCUT2D eigenvalue weighted by atomic mass is 9.84. The number of aliphatic hydroxyl groups is 1. The Labute approximate surface area is 151 Å². The summed E-state index contributed by atoms with van der Waals surface area (Å²) in [5.41, 5.74) is 0.734. The Morgan fingerprint density at radius 3 is 2.80 bits per heavy atom. The minimum atomic E-state index is -0.958. The summed E-state index contributed by atoms with van der Waals surface area (Å²) in [5, 5.41) is 17.7. The maximum Gasteiger partial charge on any atom is 0.224 e. The Morgan fingerprint density at radius 1 is 1.32 bits per heavy atom. The molecule has 0 unspecified atom stereocenters. The Bertz CT molecular complexity index is 697. The zero-order chi connectivity index (χ0) is 17.7. The van der Waals surface area contributed by atoms with Crippen molar-refractivity contribution in [1.29, 1.82) is 0 Å². The van der Waals surface area contributed by atoms with E-state index in [0.717, 1.165) is 25.2 Å². The number of rotatable bonds is 6. The molecule has 1 amide bonds. The Kier molecular flexibility index (Phi) is 5.83. The smallest absolute Gasteiger partial charge is 0.224 e. The van der Waals surface area contributed by atoms with Gasteiger partial charge in [-0.25, -0.2) is 4.39 Å². The van der Waals surface area contributed by atoms with Crippen LogP contribution in [0.2, 0.25) is 0 Å². The van der Waals surface area contributed by atoms with Gasteiger partial charge in [0.15, 0.2) is 0 Å². The average Bonchev–Trinajstić information content (AvgIpc) is 3.10. The Morgan fingerprint density at radius 2 is 2.12 bits per heavy atom. The van der Waals surface area contributed by atoms with Crippen LogP contribution in [0.3, 0.4) is 0 Å². The number of likely N-dealkylation sites (tertiary alicyclic amines) is 1. The van der Waals surface area contributed by atoms with Crippen molar-refractivity contribution >= 4 is 17.2 Å². The fourth-order valence-electron chi connectivity index (χ4n) is 3.21. The highest BCUT2D eigenvalue weighted by molar-refractivity contribution is 7.07. The molecule has 0 saturated carbocycles. The van der Waals surface area contributed by atoms with E-state index in [0.29, 0.717) is 31.4 Å². The van der Waals surface area contributed by atoms with Crippen LogP contribution in [0.4, 0.5) is 4.39 Å². The third kappa shape index (κ3) is 4.87. The van der Waals surface area contributed by atoms with Gasteiger partial charge in [-0.3, -0.25) is 4.79 Å². The summed E-state index contributed by atoms with van der Waals surface area (Å²) in [6, 6.07) is 8.19. The lowest BCUT2D eigenvalue weighted by molar-refractivity contribution is -0.120. The normalized spacial score (nSPS) is 17.4. The van der Waals surface area contributed by atoms with Crippen LogP contribution >= 0.6 is 11.3 Å². The second-order valence-corrected chi connectivity index (χ2v) is 7.32. The first-order valence-corrected chi connectivity index (χ1v) is 9.48. The molecule has 25 heavy (non-hydrogen) atoms. The van der Waals surface area contributed by atoms with E-state index in [4.69, 9.17) is 0 Å². The highest BCUT2D eigenvalue weighted by Gasteiger charge is 2.33. The first-order valence-electron chi connectivity index (χ1n) is 8.54. The zero-order valence-corrected chi connectivity index (χ0v) is 14.9. The van der Waals surface area contributed by atoms with Gasteiger partial charge in [0.25, 0.3) is 0 Å². The molecule has 0 spiro atoms. The second kappa shape index (κ2) is 8.08. The Balaban J connectivity index is 1.41. The van der Waals surface area contributed by atoms with E-state index in [9.17, 15) is 14.3 Å². The largest absolute Gasteiger partial charge is 0.385 e. The minimum Gasteiger partial charge on any atom is -0.385 e. The third-order valence-corrected chi connectivity index (χ3v) is 5.47. The van der Waals surface area contributed by atoms with Gasteiger partial charge in [0.05, 0.1) is 12.0 Å². The first kappa shape index (κ1) is 18.0. The van der Waals surface area contributed by atoms with E-state index < -0.39 is 5.60 Å². The van der Waals surface area contributed by atoms with Crippen molar-refractivity contribution in [2.45, 2.75) is 24.9 Å². The lowest BCUT2D eigenvalue weighted by Crippen LogP contribution is -2.45. The van der Waals surface area contributed by atoms with Gasteiger partial charge in [-0.2, -0.15) is 11.3 Å². The molecule has 0 aliphatic carbocycles. The van der Waals surface area contributed by atoms with Gasteiger partial charge in [0.2, 0.25) is 5.91 Å². The number of hydrogen-bond acceptors (Lipinski definition) is 4. The lowest BCUT2D eigenvalue weighted by Gasteiger charge is -2.38. The third-order valence-electron chi connectivity index (χ3n) is 4.74. The molecule has 4 nitrogen and oxygen atoms in total. The zero-order valence-electron chi connectivity index (χ0n) is 14.1. The number of thiophene rings is 1. The van der Waals surface area contributed by atoms with E-state index in [1.807, 2.05) is 16.8 Å². The molecule has 1 aromatic carbocycles. The number of benzene rings is 1. The van der Waals surface area contributed by atoms with Crippen molar-refractivity contribution in [3.05, 3.63) is 58.0 Å². The van der Waals surface area contributed by atoms with Gasteiger partial charge >= 0.3 is 0 Å². The molecule has 0 atom stereocenters. The highest BCUT2D eigenvalue weighted by Crippen LogP contribution is 2.32. The molecule has 1 aliphatic rings. The van der Waals surface area contributed by atoms with Crippen LogP contribution in [0.25, 0.3) is 0 Å². The van der Waals surface area contributed by atoms with E-state index >= 15 is 0 Å². The number of piperidine rings is 1. The van der Waals surface area contributed by atoms with Crippen LogP contribution in [0, 0.1) is 5.82 Å². The summed E-state index contributed by atoms with van der Waals surface area (Å²) in [7, 11) is 0. The molecule has 2 heterocycles. The predicted octanol–water partition coefficient (Wildman–Crippen LogP) is 2.53. The Hall–Kier alpha value is -1.76. The van der Waals surface area contributed by atoms with E-state index in [1.54, 1.807) is 23.5 Å². The van der Waals surface area contributed by atoms with Crippen LogP contribution in [0.1, 0.15) is 24.0 Å². The number of carbonyl (C=O) groups is 1. The SMILES string of the molecule is O=C(Cc1ccsc1)NCCN1CCC(O)(c2cccc(F)c2)CC1. The molecule has 1 saturated heterocycles. The van der Waals surface area contributed by atoms with Gasteiger partial charge < -0.3 is 15.3 Å². The molecular weight excluding hydrogens is 339 g/mol. The highest BCUT2D eigenvalue weighted by atomic mass is 32.1. The van der Waals surface area contributed by atoms with Crippen LogP contribution < -0.4 is 5.32 Å². The average molecular weight is 362 g/mol. The van der Waals surface area contributed by atoms with Crippen molar-refractivity contribution < 1.29 is 14.3 Å². The van der Waals surface area contributed by atoms with Crippen molar-refractivity contribution in [3.8, 4) is 0 Å². The van der Waals surface area contributed by atoms with Crippen LogP contribution in [0.15, 0.2) is 41.1 Å². The molecular formula is C19H23FN2O2S. The van der Waals surface area contributed by atoms with Gasteiger partial charge in [0.1, 0.15) is 5.82 Å². The molecule has 0 radical (unpaired) electrons. The topological polar surface area (TPSA) is 52.6 Å². The number of nitrogens with one attached hydrogen (secondary N) is 1. The molecule has 1 aliphatic heterocycles. The van der Waals surface area contributed by atoms with Crippen molar-refractivity contribution in [1.82, 2.24) is 10.2 Å². The molecule has 2 N–H and O–H groups in total. The summed E-state index contributed by atoms with van der Waals surface area (Å²) >= 11 is 1.59. The molecule has 134 valence electrons. The van der Waals surface area contributed by atoms with Crippen LogP contribution in [-0.4, -0.2) is 42.1 Å². The van der Waals surface area contributed by atoms with E-state index in [-0.39, 0.29) is 11.7 Å². The second-order valence-electron chi connectivity index (χ2n) is 6.54. The molecule has 1 fully saturated rings. The molecule has 3 rings (SSSR count). The standard InChI is InChI=1S/C19H23FN2O2S/c20-17-3-1-2-16(13-17)19(24)5-8-22(9-6-19)10-7-21-18(23)12-15-4-11-25-14-15/h1-4,11,13-14,24H,5-10,12H2,(H,21,23). The molecule has 6 heteroatoms. The van der Waals surface area contributed by atoms with Gasteiger partial charge in [-0.15, -0.1) is 0 Å². The fraction of sp³-hybridized carbons (Fsp3) is 0.421. The van der Waals surface area contributed by atoms with Gasteiger partial charge in [-0.1, -0.05) is 12.1 Å². The number of nitrogens with zero attached hydrogens (tertiary/aromatic N) is 1. The summed E-state index contributed by atoms with van der Waals surface area (Å²) in [6.07, 6.45) is 1.56. The molecule has 0 bridgehead atoms. The summed E-state index contributed by atoms with van der Waals surface area (Å²) in [6.45, 7) is 2.82. The van der Waals surface area contributed by atoms with Gasteiger partial charge in [0, 0.05) is 26.2 Å². The summed E-state index contributed by atoms with van der Waals surface area (Å²) in [5.74, 6) is -0.284. The van der Waals surface area contributed by atoms with Crippen LogP contribution in [-0.2, 0) is 16.8 Å². The number of hydrogen-bond donors (Lipinski definition) is 2. The maximum absolute atomic E-state index is 13.4. The summed E-state index contributed by atoms with van der Waals surface area (Å²) in [4.78, 5) is 14.1. The molecule has 1 aromatic heterocycles. The van der Waals surface area contributed by atoms with E-state index in [1.165, 1.54) is 12.1 Å². The van der Waals surface area contributed by atoms with Gasteiger partial charge in [-0.05, 0) is 52.9 Å². The number of carbonyl (C=O) groups excluding carboxylic acids is 1. The quantitative estimate of drug-likeness (QED) is 0.830. The minimum absolute atomic E-state index is 0.0340. The van der Waals surface area contributed by atoms with Crippen molar-refractivity contribution in [3.63, 3.8) is 0 Å². The van der Waals surface area contributed by atoms with Crippen molar-refractivity contribution in [2.24, 2.45) is 0 Å². The maximum atomic E-state index is 13.4. The fourth-order valence-corrected chi connectivity index (χ4v) is 3.88. The van der Waals surface area contributed by atoms with Crippen molar-refractivity contribution in [2.75, 3.05) is 26.2 Å². The number of amides is 1. The van der Waals surface area contributed by atoms with E-state index in [2.05, 4.69) is 10.2 Å². The number of halogens is 1. The monoisotopic (exact) mass is 362 g/mol. The predicted molar refractivity (Wildman–Crippen MR) is 97.0 cm³/mol.